The second-order valence-corrected chi connectivity index (χ2v) is 2.14. The molecular weight excluding hydrogens is 138 g/mol. The van der Waals surface area contributed by atoms with Gasteiger partial charge in [-0.3, -0.25) is 4.68 Å². The molecule has 0 atom stereocenters. The van der Waals surface area contributed by atoms with Gasteiger partial charge in [0.2, 0.25) is 0 Å². The summed E-state index contributed by atoms with van der Waals surface area (Å²) in [7, 11) is 0. The zero-order valence-corrected chi connectivity index (χ0v) is 6.54. The summed E-state index contributed by atoms with van der Waals surface area (Å²) < 4.78 is 1.85. The van der Waals surface area contributed by atoms with Crippen molar-refractivity contribution in [3.63, 3.8) is 0 Å². The van der Waals surface area contributed by atoms with Crippen molar-refractivity contribution < 1.29 is 0 Å². The minimum Gasteiger partial charge on any atom is -0.372 e. The third kappa shape index (κ3) is 2.01. The Bertz CT molecular complexity index is 257. The average molecular weight is 149 g/mol. The van der Waals surface area contributed by atoms with E-state index in [0.717, 1.165) is 12.2 Å². The number of aromatic nitrogens is 2. The predicted octanol–water partition coefficient (Wildman–Crippen LogP) is 0.948. The van der Waals surface area contributed by atoms with Crippen LogP contribution < -0.4 is 5.32 Å². The zero-order valence-electron chi connectivity index (χ0n) is 6.54. The van der Waals surface area contributed by atoms with E-state index >= 15 is 0 Å². The molecule has 0 saturated carbocycles. The largest absolute Gasteiger partial charge is 0.372 e. The number of rotatable bonds is 3. The lowest BCUT2D eigenvalue weighted by atomic mass is 10.5. The highest BCUT2D eigenvalue weighted by molar-refractivity contribution is 5.39. The lowest BCUT2D eigenvalue weighted by molar-refractivity contribution is 0.660. The van der Waals surface area contributed by atoms with Crippen molar-refractivity contribution in [3.8, 4) is 12.3 Å². The van der Waals surface area contributed by atoms with Crippen LogP contribution in [0.2, 0.25) is 0 Å². The lowest BCUT2D eigenvalue weighted by Crippen LogP contribution is -1.97. The molecule has 1 N–H and O–H groups in total. The summed E-state index contributed by atoms with van der Waals surface area (Å²) in [4.78, 5) is 0. The standard InChI is InChI=1S/C8H11N3/c1-3-5-9-8-6-10-11(4-2)7-8/h1,6-7,9H,4-5H2,2H3. The summed E-state index contributed by atoms with van der Waals surface area (Å²) in [5.74, 6) is 2.50. The van der Waals surface area contributed by atoms with Crippen molar-refractivity contribution in [3.05, 3.63) is 12.4 Å². The van der Waals surface area contributed by atoms with Gasteiger partial charge < -0.3 is 5.32 Å². The summed E-state index contributed by atoms with van der Waals surface area (Å²) in [6.45, 7) is 3.48. The van der Waals surface area contributed by atoms with E-state index in [1.807, 2.05) is 17.8 Å². The molecule has 0 amide bonds. The molecule has 0 fully saturated rings. The third-order valence-corrected chi connectivity index (χ3v) is 1.35. The van der Waals surface area contributed by atoms with Gasteiger partial charge in [-0.05, 0) is 6.92 Å². The van der Waals surface area contributed by atoms with Crippen LogP contribution in [0.3, 0.4) is 0 Å². The van der Waals surface area contributed by atoms with Crippen LogP contribution in [0.4, 0.5) is 5.69 Å². The maximum absolute atomic E-state index is 5.08. The minimum absolute atomic E-state index is 0.551. The van der Waals surface area contributed by atoms with Gasteiger partial charge in [0.15, 0.2) is 0 Å². The summed E-state index contributed by atoms with van der Waals surface area (Å²) in [5, 5.41) is 7.10. The van der Waals surface area contributed by atoms with Crippen molar-refractivity contribution >= 4 is 5.69 Å². The molecule has 0 aromatic carbocycles. The molecule has 0 aliphatic heterocycles. The quantitative estimate of drug-likeness (QED) is 0.648. The monoisotopic (exact) mass is 149 g/mol. The topological polar surface area (TPSA) is 29.9 Å². The highest BCUT2D eigenvalue weighted by Crippen LogP contribution is 2.02. The highest BCUT2D eigenvalue weighted by Gasteiger charge is 1.92. The Hall–Kier alpha value is -1.43. The summed E-state index contributed by atoms with van der Waals surface area (Å²) in [6.07, 6.45) is 8.77. The summed E-state index contributed by atoms with van der Waals surface area (Å²) in [5.41, 5.74) is 0.977. The summed E-state index contributed by atoms with van der Waals surface area (Å²) >= 11 is 0. The average Bonchev–Trinajstić information content (AvgIpc) is 2.48. The smallest absolute Gasteiger partial charge is 0.0764 e. The van der Waals surface area contributed by atoms with E-state index in [-0.39, 0.29) is 0 Å². The molecule has 11 heavy (non-hydrogen) atoms. The van der Waals surface area contributed by atoms with Crippen LogP contribution in [0.15, 0.2) is 12.4 Å². The van der Waals surface area contributed by atoms with E-state index in [0.29, 0.717) is 6.54 Å². The summed E-state index contributed by atoms with van der Waals surface area (Å²) in [6, 6.07) is 0. The molecular formula is C8H11N3. The van der Waals surface area contributed by atoms with E-state index < -0.39 is 0 Å². The van der Waals surface area contributed by atoms with Gasteiger partial charge in [-0.25, -0.2) is 0 Å². The Balaban J connectivity index is 2.53. The third-order valence-electron chi connectivity index (χ3n) is 1.35. The molecule has 0 bridgehead atoms. The Morgan fingerprint density at radius 2 is 2.64 bits per heavy atom. The number of terminal acetylenes is 1. The molecule has 0 unspecified atom stereocenters. The second kappa shape index (κ2) is 3.67. The first-order chi connectivity index (χ1) is 5.36. The number of nitrogens with one attached hydrogen (secondary N) is 1. The number of hydrogen-bond acceptors (Lipinski definition) is 2. The predicted molar refractivity (Wildman–Crippen MR) is 45.2 cm³/mol. The molecule has 3 nitrogen and oxygen atoms in total. The molecule has 3 heteroatoms. The number of anilines is 1. The molecule has 1 rings (SSSR count). The Morgan fingerprint density at radius 3 is 3.18 bits per heavy atom. The van der Waals surface area contributed by atoms with Crippen LogP contribution in [0.25, 0.3) is 0 Å². The molecule has 1 aromatic heterocycles. The molecule has 1 aromatic rings. The minimum atomic E-state index is 0.551. The van der Waals surface area contributed by atoms with Crippen LogP contribution in [-0.4, -0.2) is 16.3 Å². The van der Waals surface area contributed by atoms with E-state index in [1.54, 1.807) is 6.20 Å². The van der Waals surface area contributed by atoms with Crippen LogP contribution in [-0.2, 0) is 6.54 Å². The SMILES string of the molecule is C#CCNc1cnn(CC)c1. The van der Waals surface area contributed by atoms with E-state index in [2.05, 4.69) is 16.3 Å². The second-order valence-electron chi connectivity index (χ2n) is 2.14. The van der Waals surface area contributed by atoms with Crippen molar-refractivity contribution in [2.75, 3.05) is 11.9 Å². The molecule has 0 spiro atoms. The first-order valence-corrected chi connectivity index (χ1v) is 3.56. The number of nitrogens with zero attached hydrogens (tertiary/aromatic N) is 2. The van der Waals surface area contributed by atoms with Crippen LogP contribution in [0.5, 0.6) is 0 Å². The van der Waals surface area contributed by atoms with Gasteiger partial charge in [0, 0.05) is 12.7 Å². The Labute approximate surface area is 66.4 Å². The van der Waals surface area contributed by atoms with Gasteiger partial charge in [0.1, 0.15) is 0 Å². The zero-order chi connectivity index (χ0) is 8.10. The van der Waals surface area contributed by atoms with E-state index in [1.165, 1.54) is 0 Å². The fourth-order valence-corrected chi connectivity index (χ4v) is 0.781. The number of hydrogen-bond donors (Lipinski definition) is 1. The highest BCUT2D eigenvalue weighted by atomic mass is 15.3. The van der Waals surface area contributed by atoms with Gasteiger partial charge >= 0.3 is 0 Å². The molecule has 0 saturated heterocycles. The van der Waals surface area contributed by atoms with Crippen molar-refractivity contribution in [1.82, 2.24) is 9.78 Å². The van der Waals surface area contributed by atoms with Crippen LogP contribution in [0, 0.1) is 12.3 Å². The fourth-order valence-electron chi connectivity index (χ4n) is 0.781. The Kier molecular flexibility index (Phi) is 2.56. The first kappa shape index (κ1) is 7.67. The molecule has 0 aliphatic rings. The first-order valence-electron chi connectivity index (χ1n) is 3.56. The normalized spacial score (nSPS) is 9.09. The van der Waals surface area contributed by atoms with Gasteiger partial charge in [-0.2, -0.15) is 5.10 Å². The van der Waals surface area contributed by atoms with Crippen molar-refractivity contribution in [2.24, 2.45) is 0 Å². The van der Waals surface area contributed by atoms with Crippen LogP contribution >= 0.6 is 0 Å². The van der Waals surface area contributed by atoms with Gasteiger partial charge in [0.05, 0.1) is 18.4 Å². The molecule has 58 valence electrons. The lowest BCUT2D eigenvalue weighted by Gasteiger charge is -1.94. The van der Waals surface area contributed by atoms with Crippen LogP contribution in [0.1, 0.15) is 6.92 Å². The Morgan fingerprint density at radius 1 is 1.82 bits per heavy atom. The van der Waals surface area contributed by atoms with Crippen molar-refractivity contribution in [2.45, 2.75) is 13.5 Å². The number of aryl methyl sites for hydroxylation is 1. The van der Waals surface area contributed by atoms with Gasteiger partial charge in [-0.1, -0.05) is 5.92 Å². The van der Waals surface area contributed by atoms with E-state index in [4.69, 9.17) is 6.42 Å². The molecule has 1 heterocycles. The fraction of sp³-hybridized carbons (Fsp3) is 0.375. The van der Waals surface area contributed by atoms with E-state index in [9.17, 15) is 0 Å². The maximum atomic E-state index is 5.08. The van der Waals surface area contributed by atoms with Gasteiger partial charge in [0.25, 0.3) is 0 Å². The van der Waals surface area contributed by atoms with Gasteiger partial charge in [-0.15, -0.1) is 6.42 Å². The molecule has 0 radical (unpaired) electrons. The molecule has 0 aliphatic carbocycles. The van der Waals surface area contributed by atoms with Crippen molar-refractivity contribution in [1.29, 1.82) is 0 Å². The maximum Gasteiger partial charge on any atom is 0.0764 e.